The van der Waals surface area contributed by atoms with Gasteiger partial charge in [0.05, 0.1) is 23.8 Å². The molecule has 0 unspecified atom stereocenters. The Hall–Kier alpha value is -1.98. The van der Waals surface area contributed by atoms with Crippen molar-refractivity contribution in [2.45, 2.75) is 12.6 Å². The maximum atomic E-state index is 12.4. The van der Waals surface area contributed by atoms with Crippen molar-refractivity contribution in [3.63, 3.8) is 0 Å². The van der Waals surface area contributed by atoms with Crippen LogP contribution in [-0.4, -0.2) is 16.7 Å². The largest absolute Gasteiger partial charge is 0.374 e. The van der Waals surface area contributed by atoms with Crippen molar-refractivity contribution in [1.82, 2.24) is 9.55 Å². The quantitative estimate of drug-likeness (QED) is 0.741. The lowest BCUT2D eigenvalue weighted by molar-refractivity contribution is 0.0897. The van der Waals surface area contributed by atoms with Crippen LogP contribution in [0.3, 0.4) is 0 Å². The zero-order valence-electron chi connectivity index (χ0n) is 11.0. The van der Waals surface area contributed by atoms with Crippen molar-refractivity contribution in [1.29, 1.82) is 0 Å². The Balaban J connectivity index is 1.98. The molecule has 1 aromatic carbocycles. The van der Waals surface area contributed by atoms with Gasteiger partial charge in [-0.15, -0.1) is 11.3 Å². The van der Waals surface area contributed by atoms with Crippen LogP contribution in [0, 0.1) is 0 Å². The molecule has 0 N–H and O–H groups in total. The minimum atomic E-state index is -0.129. The molecular weight excluding hydrogens is 272 g/mol. The van der Waals surface area contributed by atoms with Gasteiger partial charge in [0.15, 0.2) is 0 Å². The maximum Gasteiger partial charge on any atom is 0.261 e. The molecule has 5 heteroatoms. The molecule has 3 rings (SSSR count). The first kappa shape index (κ1) is 13.0. The Morgan fingerprint density at radius 1 is 1.30 bits per heavy atom. The van der Waals surface area contributed by atoms with Crippen LogP contribution >= 0.6 is 11.3 Å². The molecule has 0 saturated carbocycles. The van der Waals surface area contributed by atoms with Gasteiger partial charge in [-0.05, 0) is 23.6 Å². The number of nitrogens with zero attached hydrogens (tertiary/aromatic N) is 2. The van der Waals surface area contributed by atoms with E-state index >= 15 is 0 Å². The molecule has 0 aliphatic rings. The predicted octanol–water partition coefficient (Wildman–Crippen LogP) is 2.85. The summed E-state index contributed by atoms with van der Waals surface area (Å²) >= 11 is 1.62. The van der Waals surface area contributed by atoms with Crippen molar-refractivity contribution in [2.75, 3.05) is 7.11 Å². The van der Waals surface area contributed by atoms with Crippen molar-refractivity contribution < 1.29 is 4.74 Å². The molecule has 0 bridgehead atoms. The number of thiophene rings is 1. The van der Waals surface area contributed by atoms with E-state index in [4.69, 9.17) is 4.74 Å². The summed E-state index contributed by atoms with van der Waals surface area (Å²) in [6.07, 6.45) is 1.46. The van der Waals surface area contributed by atoms with E-state index in [1.807, 2.05) is 35.7 Å². The molecule has 0 fully saturated rings. The van der Waals surface area contributed by atoms with Crippen LogP contribution in [0.15, 0.2) is 52.9 Å². The number of fused-ring (bicyclic) bond motifs is 1. The lowest BCUT2D eigenvalue weighted by Crippen LogP contribution is -2.24. The lowest BCUT2D eigenvalue weighted by atomic mass is 10.2. The van der Waals surface area contributed by atoms with Crippen LogP contribution in [0.1, 0.15) is 11.0 Å². The van der Waals surface area contributed by atoms with Gasteiger partial charge in [0.2, 0.25) is 0 Å². The zero-order valence-corrected chi connectivity index (χ0v) is 11.8. The summed E-state index contributed by atoms with van der Waals surface area (Å²) in [6.45, 7) is 0.466. The number of hydrogen-bond donors (Lipinski definition) is 0. The summed E-state index contributed by atoms with van der Waals surface area (Å²) in [5.74, 6) is 0. The Labute approximate surface area is 120 Å². The molecule has 0 spiro atoms. The molecule has 2 heterocycles. The number of rotatable bonds is 4. The van der Waals surface area contributed by atoms with E-state index < -0.39 is 0 Å². The summed E-state index contributed by atoms with van der Waals surface area (Å²) < 4.78 is 7.10. The Morgan fingerprint density at radius 3 is 2.90 bits per heavy atom. The second-order valence-electron chi connectivity index (χ2n) is 4.46. The minimum Gasteiger partial charge on any atom is -0.374 e. The fourth-order valence-corrected chi connectivity index (χ4v) is 2.96. The summed E-state index contributed by atoms with van der Waals surface area (Å²) in [5.41, 5.74) is 0.688. The highest BCUT2D eigenvalue weighted by molar-refractivity contribution is 7.10. The number of methoxy groups -OCH3 is 1. The van der Waals surface area contributed by atoms with E-state index in [9.17, 15) is 4.79 Å². The standard InChI is InChI=1S/C15H14N2O2S/c1-19-13(14-7-4-8-20-14)9-17-10-16-12-6-3-2-5-11(12)15(17)18/h2-8,10,13H,9H2,1H3/t13-/m0/s1. The number of ether oxygens (including phenoxy) is 1. The first-order valence-corrected chi connectivity index (χ1v) is 7.18. The predicted molar refractivity (Wildman–Crippen MR) is 80.1 cm³/mol. The van der Waals surface area contributed by atoms with E-state index in [-0.39, 0.29) is 11.7 Å². The molecule has 0 aliphatic heterocycles. The molecular formula is C15H14N2O2S. The highest BCUT2D eigenvalue weighted by Crippen LogP contribution is 2.23. The van der Waals surface area contributed by atoms with E-state index in [2.05, 4.69) is 4.98 Å². The van der Waals surface area contributed by atoms with Gasteiger partial charge < -0.3 is 4.74 Å². The minimum absolute atomic E-state index is 0.0331. The number of aromatic nitrogens is 2. The van der Waals surface area contributed by atoms with Gasteiger partial charge >= 0.3 is 0 Å². The van der Waals surface area contributed by atoms with Gasteiger partial charge in [-0.3, -0.25) is 9.36 Å². The second-order valence-corrected chi connectivity index (χ2v) is 5.44. The van der Waals surface area contributed by atoms with Gasteiger partial charge in [0, 0.05) is 12.0 Å². The molecule has 0 aliphatic carbocycles. The summed E-state index contributed by atoms with van der Waals surface area (Å²) in [5, 5.41) is 2.64. The first-order valence-electron chi connectivity index (χ1n) is 6.30. The normalized spacial score (nSPS) is 12.7. The Kier molecular flexibility index (Phi) is 3.62. The third-order valence-corrected chi connectivity index (χ3v) is 4.20. The van der Waals surface area contributed by atoms with Gasteiger partial charge in [0.1, 0.15) is 6.10 Å². The Bertz CT molecular complexity index is 765. The first-order chi connectivity index (χ1) is 9.79. The topological polar surface area (TPSA) is 44.1 Å². The average molecular weight is 286 g/mol. The molecule has 1 atom stereocenters. The SMILES string of the molecule is CO[C@@H](Cn1cnc2ccccc2c1=O)c1cccs1. The molecule has 20 heavy (non-hydrogen) atoms. The summed E-state index contributed by atoms with van der Waals surface area (Å²) in [6, 6.07) is 11.4. The maximum absolute atomic E-state index is 12.4. The highest BCUT2D eigenvalue weighted by atomic mass is 32.1. The monoisotopic (exact) mass is 286 g/mol. The van der Waals surface area contributed by atoms with Crippen LogP contribution in [0.2, 0.25) is 0 Å². The van der Waals surface area contributed by atoms with E-state index in [0.29, 0.717) is 11.9 Å². The molecule has 0 saturated heterocycles. The van der Waals surface area contributed by atoms with Gasteiger partial charge in [-0.25, -0.2) is 4.98 Å². The third kappa shape index (κ3) is 2.37. The molecule has 0 amide bonds. The third-order valence-electron chi connectivity index (χ3n) is 3.24. The number of para-hydroxylation sites is 1. The number of benzene rings is 1. The average Bonchev–Trinajstić information content (AvgIpc) is 3.01. The van der Waals surface area contributed by atoms with Crippen LogP contribution in [0.5, 0.6) is 0 Å². The van der Waals surface area contributed by atoms with Crippen molar-refractivity contribution >= 4 is 22.2 Å². The molecule has 0 radical (unpaired) electrons. The molecule has 4 nitrogen and oxygen atoms in total. The van der Waals surface area contributed by atoms with Crippen molar-refractivity contribution in [3.05, 3.63) is 63.3 Å². The smallest absolute Gasteiger partial charge is 0.261 e. The van der Waals surface area contributed by atoms with Gasteiger partial charge in [-0.2, -0.15) is 0 Å². The van der Waals surface area contributed by atoms with Crippen LogP contribution in [0.4, 0.5) is 0 Å². The van der Waals surface area contributed by atoms with Crippen LogP contribution in [-0.2, 0) is 11.3 Å². The molecule has 102 valence electrons. The van der Waals surface area contributed by atoms with Gasteiger partial charge in [-0.1, -0.05) is 18.2 Å². The fraction of sp³-hybridized carbons (Fsp3) is 0.200. The fourth-order valence-electron chi connectivity index (χ4n) is 2.17. The summed E-state index contributed by atoms with van der Waals surface area (Å²) in [7, 11) is 1.66. The van der Waals surface area contributed by atoms with Crippen LogP contribution < -0.4 is 5.56 Å². The van der Waals surface area contributed by atoms with E-state index in [0.717, 1.165) is 10.4 Å². The zero-order chi connectivity index (χ0) is 13.9. The van der Waals surface area contributed by atoms with E-state index in [1.165, 1.54) is 0 Å². The Morgan fingerprint density at radius 2 is 2.15 bits per heavy atom. The summed E-state index contributed by atoms with van der Waals surface area (Å²) in [4.78, 5) is 17.8. The van der Waals surface area contributed by atoms with E-state index in [1.54, 1.807) is 35.4 Å². The molecule has 3 aromatic rings. The lowest BCUT2D eigenvalue weighted by Gasteiger charge is -2.15. The second kappa shape index (κ2) is 5.56. The highest BCUT2D eigenvalue weighted by Gasteiger charge is 2.14. The van der Waals surface area contributed by atoms with Crippen LogP contribution in [0.25, 0.3) is 10.9 Å². The molecule has 2 aromatic heterocycles. The number of hydrogen-bond acceptors (Lipinski definition) is 4. The van der Waals surface area contributed by atoms with Crippen molar-refractivity contribution in [3.8, 4) is 0 Å². The van der Waals surface area contributed by atoms with Crippen molar-refractivity contribution in [2.24, 2.45) is 0 Å². The van der Waals surface area contributed by atoms with Gasteiger partial charge in [0.25, 0.3) is 5.56 Å².